The smallest absolute Gasteiger partial charge is 0.461 e. The minimum absolute atomic E-state index is 0.0206. The molecular formula is C28H51NO8P+. The van der Waals surface area contributed by atoms with Crippen LogP contribution in [-0.2, 0) is 27.9 Å². The van der Waals surface area contributed by atoms with Crippen molar-refractivity contribution in [2.24, 2.45) is 5.92 Å². The second-order valence-corrected chi connectivity index (χ2v) is 11.9. The van der Waals surface area contributed by atoms with Crippen LogP contribution < -0.4 is 0 Å². The Labute approximate surface area is 230 Å². The van der Waals surface area contributed by atoms with Crippen molar-refractivity contribution < 1.29 is 42.4 Å². The summed E-state index contributed by atoms with van der Waals surface area (Å²) in [5.74, 6) is 6.07. The summed E-state index contributed by atoms with van der Waals surface area (Å²) in [4.78, 5) is 21.9. The number of rotatable bonds is 22. The minimum Gasteiger partial charge on any atom is -0.461 e. The number of hydrogen-bond acceptors (Lipinski definition) is 7. The van der Waals surface area contributed by atoms with Gasteiger partial charge in [0.05, 0.1) is 27.7 Å². The van der Waals surface area contributed by atoms with E-state index in [2.05, 4.69) is 31.4 Å². The van der Waals surface area contributed by atoms with Gasteiger partial charge in [0.1, 0.15) is 25.9 Å². The molecule has 0 aromatic heterocycles. The van der Waals surface area contributed by atoms with Crippen molar-refractivity contribution in [2.75, 3.05) is 54.6 Å². The molecule has 0 rings (SSSR count). The molecule has 9 nitrogen and oxygen atoms in total. The molecule has 0 aliphatic heterocycles. The summed E-state index contributed by atoms with van der Waals surface area (Å²) in [5.41, 5.74) is 0. The molecule has 0 radical (unpaired) electrons. The molecule has 4 unspecified atom stereocenters. The van der Waals surface area contributed by atoms with E-state index in [1.54, 1.807) is 0 Å². The fourth-order valence-electron chi connectivity index (χ4n) is 3.29. The lowest BCUT2D eigenvalue weighted by Crippen LogP contribution is -2.37. The van der Waals surface area contributed by atoms with E-state index in [0.29, 0.717) is 23.9 Å². The molecule has 0 aromatic carbocycles. The molecule has 0 amide bonds. The topological polar surface area (TPSA) is 112 Å². The van der Waals surface area contributed by atoms with Crippen molar-refractivity contribution in [1.29, 1.82) is 0 Å². The Morgan fingerprint density at radius 3 is 2.45 bits per heavy atom. The Hall–Kier alpha value is -1.50. The monoisotopic (exact) mass is 560 g/mol. The SMILES string of the molecule is C=CCCCCC(C)CCC/C=C\C#CCCC(OC)C(=O)OCC(O)COP(=O)(O)OCC[N+](C)(C)C. The number of aliphatic hydroxyl groups is 1. The number of likely N-dealkylation sites (N-methyl/N-ethyl adjacent to an activating group) is 1. The van der Waals surface area contributed by atoms with Gasteiger partial charge in [0, 0.05) is 13.5 Å². The van der Waals surface area contributed by atoms with Crippen LogP contribution in [0.25, 0.3) is 0 Å². The van der Waals surface area contributed by atoms with Crippen molar-refractivity contribution in [2.45, 2.75) is 76.9 Å². The standard InChI is InChI=1S/C28H50NO8P/c1-7-8-9-15-18-25(2)19-16-13-11-10-12-14-17-20-27(34-6)28(31)35-23-26(30)24-37-38(32,33)36-22-21-29(3,4)5/h7,10-11,25-27,30H,1,8-9,13,15-24H2,2-6H3/p+1/b11-10-. The Morgan fingerprint density at radius 2 is 1.79 bits per heavy atom. The lowest BCUT2D eigenvalue weighted by molar-refractivity contribution is -0.870. The summed E-state index contributed by atoms with van der Waals surface area (Å²) in [6.07, 6.45) is 12.8. The van der Waals surface area contributed by atoms with Gasteiger partial charge in [-0.1, -0.05) is 50.2 Å². The summed E-state index contributed by atoms with van der Waals surface area (Å²) < 4.78 is 32.3. The van der Waals surface area contributed by atoms with Gasteiger partial charge >= 0.3 is 13.8 Å². The van der Waals surface area contributed by atoms with Crippen LogP contribution in [0.4, 0.5) is 0 Å². The highest BCUT2D eigenvalue weighted by atomic mass is 31.2. The zero-order valence-corrected chi connectivity index (χ0v) is 25.0. The summed E-state index contributed by atoms with van der Waals surface area (Å²) in [7, 11) is 2.84. The third-order valence-corrected chi connectivity index (χ3v) is 6.65. The number of nitrogens with zero attached hydrogens (tertiary/aromatic N) is 1. The van der Waals surface area contributed by atoms with Crippen molar-refractivity contribution in [3.63, 3.8) is 0 Å². The molecule has 0 fully saturated rings. The highest BCUT2D eigenvalue weighted by Gasteiger charge is 2.25. The molecule has 2 N–H and O–H groups in total. The largest absolute Gasteiger partial charge is 0.472 e. The van der Waals surface area contributed by atoms with Gasteiger partial charge in [0.2, 0.25) is 0 Å². The van der Waals surface area contributed by atoms with Crippen LogP contribution in [-0.4, -0.2) is 87.3 Å². The molecule has 0 aliphatic rings. The number of phosphoric acid groups is 1. The molecule has 220 valence electrons. The average Bonchev–Trinajstić information content (AvgIpc) is 2.84. The zero-order chi connectivity index (χ0) is 28.9. The van der Waals surface area contributed by atoms with Crippen molar-refractivity contribution in [1.82, 2.24) is 0 Å². The second-order valence-electron chi connectivity index (χ2n) is 10.5. The van der Waals surface area contributed by atoms with Gasteiger partial charge in [-0.2, -0.15) is 0 Å². The van der Waals surface area contributed by atoms with E-state index >= 15 is 0 Å². The summed E-state index contributed by atoms with van der Waals surface area (Å²) in [6, 6.07) is 0. The fourth-order valence-corrected chi connectivity index (χ4v) is 4.03. The molecule has 0 saturated carbocycles. The maximum absolute atomic E-state index is 12.2. The minimum atomic E-state index is -4.31. The number of aliphatic hydroxyl groups excluding tert-OH is 1. The van der Waals surface area contributed by atoms with Crippen LogP contribution in [0.2, 0.25) is 0 Å². The number of allylic oxidation sites excluding steroid dienone is 3. The third-order valence-electron chi connectivity index (χ3n) is 5.67. The van der Waals surface area contributed by atoms with E-state index in [9.17, 15) is 19.4 Å². The highest BCUT2D eigenvalue weighted by molar-refractivity contribution is 7.47. The number of phosphoric ester groups is 1. The molecular weight excluding hydrogens is 509 g/mol. The van der Waals surface area contributed by atoms with Crippen LogP contribution in [0.1, 0.15) is 64.7 Å². The van der Waals surface area contributed by atoms with Gasteiger partial charge in [-0.05, 0) is 44.1 Å². The number of ether oxygens (including phenoxy) is 2. The zero-order valence-electron chi connectivity index (χ0n) is 24.1. The van der Waals surface area contributed by atoms with Gasteiger partial charge in [-0.15, -0.1) is 6.58 Å². The highest BCUT2D eigenvalue weighted by Crippen LogP contribution is 2.43. The predicted molar refractivity (Wildman–Crippen MR) is 150 cm³/mol. The van der Waals surface area contributed by atoms with E-state index in [1.165, 1.54) is 32.8 Å². The Morgan fingerprint density at radius 1 is 1.08 bits per heavy atom. The maximum Gasteiger partial charge on any atom is 0.472 e. The summed E-state index contributed by atoms with van der Waals surface area (Å²) in [5, 5.41) is 9.93. The first-order valence-electron chi connectivity index (χ1n) is 13.4. The van der Waals surface area contributed by atoms with Gasteiger partial charge in [0.25, 0.3) is 0 Å². The molecule has 0 aromatic rings. The van der Waals surface area contributed by atoms with Crippen molar-refractivity contribution in [3.05, 3.63) is 24.8 Å². The van der Waals surface area contributed by atoms with Crippen LogP contribution in [0.15, 0.2) is 24.8 Å². The maximum atomic E-state index is 12.2. The van der Waals surface area contributed by atoms with Gasteiger partial charge in [0.15, 0.2) is 6.10 Å². The molecule has 0 heterocycles. The quantitative estimate of drug-likeness (QED) is 0.0492. The number of quaternary nitrogens is 1. The first-order valence-corrected chi connectivity index (χ1v) is 14.9. The molecule has 0 saturated heterocycles. The van der Waals surface area contributed by atoms with E-state index in [1.807, 2.05) is 33.3 Å². The van der Waals surface area contributed by atoms with Crippen LogP contribution in [0.5, 0.6) is 0 Å². The number of unbranched alkanes of at least 4 members (excludes halogenated alkanes) is 3. The Balaban J connectivity index is 4.11. The van der Waals surface area contributed by atoms with Crippen LogP contribution in [0.3, 0.4) is 0 Å². The third kappa shape index (κ3) is 22.5. The number of carbonyl (C=O) groups excluding carboxylic acids is 1. The van der Waals surface area contributed by atoms with Crippen molar-refractivity contribution >= 4 is 13.8 Å². The molecule has 0 bridgehead atoms. The first kappa shape index (κ1) is 36.5. The Kier molecular flexibility index (Phi) is 20.5. The van der Waals surface area contributed by atoms with Gasteiger partial charge in [-0.25, -0.2) is 9.36 Å². The number of methoxy groups -OCH3 is 1. The molecule has 38 heavy (non-hydrogen) atoms. The van der Waals surface area contributed by atoms with E-state index in [0.717, 1.165) is 25.2 Å². The van der Waals surface area contributed by atoms with E-state index in [4.69, 9.17) is 18.5 Å². The number of carbonyl (C=O) groups is 1. The Bertz CT molecular complexity index is 784. The first-order chi connectivity index (χ1) is 17.9. The van der Waals surface area contributed by atoms with Crippen LogP contribution in [0, 0.1) is 17.8 Å². The second kappa shape index (κ2) is 21.3. The molecule has 10 heteroatoms. The average molecular weight is 561 g/mol. The molecule has 0 spiro atoms. The lowest BCUT2D eigenvalue weighted by atomic mass is 9.97. The lowest BCUT2D eigenvalue weighted by Gasteiger charge is -2.24. The van der Waals surface area contributed by atoms with Gasteiger partial charge < -0.3 is 24.0 Å². The van der Waals surface area contributed by atoms with E-state index in [-0.39, 0.29) is 6.61 Å². The summed E-state index contributed by atoms with van der Waals surface area (Å²) >= 11 is 0. The van der Waals surface area contributed by atoms with Crippen molar-refractivity contribution in [3.8, 4) is 11.8 Å². The fraction of sp³-hybridized carbons (Fsp3) is 0.750. The summed E-state index contributed by atoms with van der Waals surface area (Å²) in [6.45, 7) is 5.66. The number of hydrogen-bond donors (Lipinski definition) is 2. The van der Waals surface area contributed by atoms with Gasteiger partial charge in [-0.3, -0.25) is 9.05 Å². The molecule has 4 atom stereocenters. The predicted octanol–water partition coefficient (Wildman–Crippen LogP) is 4.64. The van der Waals surface area contributed by atoms with Crippen LogP contribution >= 0.6 is 7.82 Å². The molecule has 0 aliphatic carbocycles. The van der Waals surface area contributed by atoms with E-state index < -0.39 is 39.2 Å². The number of esters is 1. The normalized spacial score (nSPS) is 15.8.